The van der Waals surface area contributed by atoms with Crippen molar-refractivity contribution in [2.24, 2.45) is 0 Å². The fourth-order valence-electron chi connectivity index (χ4n) is 8.60. The summed E-state index contributed by atoms with van der Waals surface area (Å²) < 4.78 is 13.2. The molecule has 0 N–H and O–H groups in total. The van der Waals surface area contributed by atoms with E-state index in [2.05, 4.69) is 130 Å². The van der Waals surface area contributed by atoms with E-state index in [1.54, 1.807) is 0 Å². The van der Waals surface area contributed by atoms with Crippen molar-refractivity contribution >= 4 is 88.5 Å². The number of para-hydroxylation sites is 2. The molecular weight excluding hydrogens is 547 g/mol. The Balaban J connectivity index is 1.40. The Kier molecular flexibility index (Phi) is 4.21. The molecule has 0 aliphatic carbocycles. The molecule has 0 saturated carbocycles. The van der Waals surface area contributed by atoms with Gasteiger partial charge in [0.2, 0.25) is 6.71 Å². The molecule has 0 unspecified atom stereocenters. The van der Waals surface area contributed by atoms with Gasteiger partial charge in [0.25, 0.3) is 0 Å². The monoisotopic (exact) mass is 574 g/mol. The molecule has 0 fully saturated rings. The fourth-order valence-corrected chi connectivity index (χ4v) is 8.60. The van der Waals surface area contributed by atoms with Gasteiger partial charge in [0, 0.05) is 32.3 Å². The summed E-state index contributed by atoms with van der Waals surface area (Å²) in [4.78, 5) is 0. The number of hydrogen-bond donors (Lipinski definition) is 0. The molecule has 210 valence electrons. The van der Waals surface area contributed by atoms with Gasteiger partial charge in [-0.2, -0.15) is 0 Å². The highest BCUT2D eigenvalue weighted by Gasteiger charge is 2.40. The highest BCUT2D eigenvalue weighted by atomic mass is 16.3. The van der Waals surface area contributed by atoms with Gasteiger partial charge >= 0.3 is 0 Å². The van der Waals surface area contributed by atoms with Crippen LogP contribution in [0.15, 0.2) is 118 Å². The smallest absolute Gasteiger partial charge is 0.244 e. The van der Waals surface area contributed by atoms with E-state index in [0.717, 1.165) is 22.3 Å². The molecular formula is C42H27BO2. The van der Waals surface area contributed by atoms with E-state index in [-0.39, 0.29) is 12.1 Å². The van der Waals surface area contributed by atoms with Crippen molar-refractivity contribution in [1.82, 2.24) is 0 Å². The summed E-state index contributed by atoms with van der Waals surface area (Å²) in [6.45, 7) is 7.05. The molecule has 9 aromatic rings. The van der Waals surface area contributed by atoms with Crippen LogP contribution in [0.5, 0.6) is 0 Å². The van der Waals surface area contributed by atoms with Crippen molar-refractivity contribution in [3.05, 3.63) is 115 Å². The summed E-state index contributed by atoms with van der Waals surface area (Å²) in [5.41, 5.74) is 14.6. The van der Waals surface area contributed by atoms with E-state index in [1.165, 1.54) is 87.3 Å². The van der Waals surface area contributed by atoms with E-state index in [1.807, 2.05) is 0 Å². The third kappa shape index (κ3) is 2.88. The second-order valence-electron chi connectivity index (χ2n) is 14.0. The zero-order valence-corrected chi connectivity index (χ0v) is 25.3. The minimum atomic E-state index is -0.00520. The Bertz CT molecular complexity index is 2620. The molecule has 0 amide bonds. The van der Waals surface area contributed by atoms with Crippen molar-refractivity contribution < 1.29 is 8.83 Å². The number of rotatable bonds is 0. The van der Waals surface area contributed by atoms with Gasteiger partial charge in [-0.25, -0.2) is 0 Å². The zero-order valence-electron chi connectivity index (χ0n) is 25.3. The van der Waals surface area contributed by atoms with E-state index >= 15 is 0 Å². The fraction of sp³-hybridized carbons (Fsp3) is 0.0952. The number of furan rings is 2. The highest BCUT2D eigenvalue weighted by Crippen LogP contribution is 2.45. The summed E-state index contributed by atoms with van der Waals surface area (Å²) in [6.07, 6.45) is 0. The van der Waals surface area contributed by atoms with Gasteiger partial charge in [-0.1, -0.05) is 134 Å². The SMILES string of the molecule is CC(C)(C)c1cc2c3c(c1)-c1cccc4c1c(cc1c5ccccc5oc41)B3c1cc3c4ccccc4oc3c3cccc-2c13. The van der Waals surface area contributed by atoms with Gasteiger partial charge < -0.3 is 8.83 Å². The Morgan fingerprint density at radius 2 is 0.933 bits per heavy atom. The lowest BCUT2D eigenvalue weighted by Crippen LogP contribution is -2.57. The lowest BCUT2D eigenvalue weighted by molar-refractivity contribution is 0.591. The molecule has 7 aromatic carbocycles. The lowest BCUT2D eigenvalue weighted by Gasteiger charge is -2.36. The second kappa shape index (κ2) is 7.86. The molecule has 2 aromatic heterocycles. The topological polar surface area (TPSA) is 26.3 Å². The van der Waals surface area contributed by atoms with E-state index in [0.29, 0.717) is 0 Å². The van der Waals surface area contributed by atoms with Crippen molar-refractivity contribution in [2.45, 2.75) is 26.2 Å². The quantitative estimate of drug-likeness (QED) is 0.169. The molecule has 2 aliphatic heterocycles. The van der Waals surface area contributed by atoms with Gasteiger partial charge in [0.05, 0.1) is 0 Å². The third-order valence-electron chi connectivity index (χ3n) is 10.6. The molecule has 2 aliphatic rings. The molecule has 4 heterocycles. The molecule has 3 heteroatoms. The third-order valence-corrected chi connectivity index (χ3v) is 10.6. The number of fused-ring (bicyclic) bond motifs is 12. The molecule has 2 nitrogen and oxygen atoms in total. The molecule has 11 rings (SSSR count). The molecule has 0 atom stereocenters. The van der Waals surface area contributed by atoms with Crippen LogP contribution in [0.1, 0.15) is 26.3 Å². The molecule has 0 saturated heterocycles. The maximum atomic E-state index is 6.61. The van der Waals surface area contributed by atoms with E-state index < -0.39 is 0 Å². The summed E-state index contributed by atoms with van der Waals surface area (Å²) in [5, 5.41) is 9.71. The van der Waals surface area contributed by atoms with Gasteiger partial charge in [-0.05, 0) is 56.1 Å². The van der Waals surface area contributed by atoms with E-state index in [4.69, 9.17) is 8.83 Å². The van der Waals surface area contributed by atoms with Crippen LogP contribution >= 0.6 is 0 Å². The largest absolute Gasteiger partial charge is 0.455 e. The number of benzene rings is 7. The maximum absolute atomic E-state index is 6.61. The lowest BCUT2D eigenvalue weighted by atomic mass is 9.31. The molecule has 45 heavy (non-hydrogen) atoms. The van der Waals surface area contributed by atoms with Crippen LogP contribution in [-0.4, -0.2) is 6.71 Å². The van der Waals surface area contributed by atoms with Crippen LogP contribution in [-0.2, 0) is 5.41 Å². The first-order chi connectivity index (χ1) is 22.0. The average molecular weight is 574 g/mol. The normalized spacial score (nSPS) is 13.6. The predicted octanol–water partition coefficient (Wildman–Crippen LogP) is 9.57. The molecule has 0 radical (unpaired) electrons. The van der Waals surface area contributed by atoms with Crippen LogP contribution in [0, 0.1) is 0 Å². The Morgan fingerprint density at radius 3 is 1.42 bits per heavy atom. The van der Waals surface area contributed by atoms with Gasteiger partial charge in [0.1, 0.15) is 22.3 Å². The van der Waals surface area contributed by atoms with Crippen LogP contribution in [0.4, 0.5) is 0 Å². The molecule has 0 bridgehead atoms. The first-order valence-corrected chi connectivity index (χ1v) is 15.9. The Morgan fingerprint density at radius 1 is 0.467 bits per heavy atom. The predicted molar refractivity (Wildman–Crippen MR) is 190 cm³/mol. The van der Waals surface area contributed by atoms with Crippen molar-refractivity contribution in [3.63, 3.8) is 0 Å². The van der Waals surface area contributed by atoms with Gasteiger partial charge in [0.15, 0.2) is 0 Å². The standard InChI is InChI=1S/C42H27BO2/c1-42(2,3)22-18-29-25-12-8-14-27-37(25)33(20-31-23-10-4-6-16-35(23)44-40(27)31)43-34-21-32-24-11-5-7-17-36(24)45-41(32)28-15-9-13-26(38(28)34)30(19-22)39(29)43/h4-21H,1-3H3. The summed E-state index contributed by atoms with van der Waals surface area (Å²) >= 11 is 0. The average Bonchev–Trinajstić information content (AvgIpc) is 3.62. The van der Waals surface area contributed by atoms with Crippen LogP contribution in [0.3, 0.4) is 0 Å². The Hall–Kier alpha value is -5.28. The summed E-state index contributed by atoms with van der Waals surface area (Å²) in [6, 6.07) is 40.3. The first-order valence-electron chi connectivity index (χ1n) is 15.9. The van der Waals surface area contributed by atoms with Crippen LogP contribution < -0.4 is 16.4 Å². The maximum Gasteiger partial charge on any atom is 0.244 e. The minimum Gasteiger partial charge on any atom is -0.455 e. The van der Waals surface area contributed by atoms with Crippen LogP contribution in [0.25, 0.3) is 87.7 Å². The van der Waals surface area contributed by atoms with Crippen molar-refractivity contribution in [2.75, 3.05) is 0 Å². The highest BCUT2D eigenvalue weighted by molar-refractivity contribution is 7.01. The summed E-state index contributed by atoms with van der Waals surface area (Å²) in [5.74, 6) is 0. The first kappa shape index (κ1) is 24.1. The van der Waals surface area contributed by atoms with Crippen molar-refractivity contribution in [1.29, 1.82) is 0 Å². The number of hydrogen-bond acceptors (Lipinski definition) is 2. The Labute approximate surface area is 259 Å². The summed E-state index contributed by atoms with van der Waals surface area (Å²) in [7, 11) is 0. The second-order valence-corrected chi connectivity index (χ2v) is 14.0. The van der Waals surface area contributed by atoms with E-state index in [9.17, 15) is 0 Å². The van der Waals surface area contributed by atoms with Gasteiger partial charge in [-0.15, -0.1) is 0 Å². The van der Waals surface area contributed by atoms with Gasteiger partial charge in [-0.3, -0.25) is 0 Å². The molecule has 0 spiro atoms. The minimum absolute atomic E-state index is 0.00520. The zero-order chi connectivity index (χ0) is 29.8. The van der Waals surface area contributed by atoms with Crippen LogP contribution in [0.2, 0.25) is 0 Å². The van der Waals surface area contributed by atoms with Crippen molar-refractivity contribution in [3.8, 4) is 22.3 Å².